The van der Waals surface area contributed by atoms with Crippen molar-refractivity contribution < 1.29 is 13.2 Å². The number of alkyl halides is 3. The summed E-state index contributed by atoms with van der Waals surface area (Å²) in [5.41, 5.74) is 5.22. The molecule has 1 aromatic heterocycles. The third kappa shape index (κ3) is 2.62. The van der Waals surface area contributed by atoms with Gasteiger partial charge in [0.2, 0.25) is 0 Å². The zero-order valence-corrected chi connectivity index (χ0v) is 9.78. The lowest BCUT2D eigenvalue weighted by Gasteiger charge is -2.13. The van der Waals surface area contributed by atoms with Crippen LogP contribution >= 0.6 is 15.9 Å². The number of hydrogen-bond donors (Lipinski definition) is 1. The van der Waals surface area contributed by atoms with Crippen molar-refractivity contribution in [2.24, 2.45) is 0 Å². The Morgan fingerprint density at radius 2 is 1.93 bits per heavy atom. The molecule has 0 bridgehead atoms. The summed E-state index contributed by atoms with van der Waals surface area (Å²) in [6.45, 7) is 3.48. The maximum absolute atomic E-state index is 12.4. The molecule has 0 unspecified atom stereocenters. The lowest BCUT2D eigenvalue weighted by molar-refractivity contribution is -0.141. The lowest BCUT2D eigenvalue weighted by Crippen LogP contribution is -2.12. The first-order chi connectivity index (χ1) is 6.73. The number of aromatic nitrogens is 1. The molecule has 2 N–H and O–H groups in total. The molecule has 6 heteroatoms. The summed E-state index contributed by atoms with van der Waals surface area (Å²) >= 11 is 2.99. The van der Waals surface area contributed by atoms with Gasteiger partial charge in [-0.2, -0.15) is 13.2 Å². The highest BCUT2D eigenvalue weighted by atomic mass is 79.9. The second-order valence-electron chi connectivity index (χ2n) is 3.44. The number of halogens is 4. The van der Waals surface area contributed by atoms with Crippen molar-refractivity contribution in [3.05, 3.63) is 21.9 Å². The van der Waals surface area contributed by atoms with E-state index >= 15 is 0 Å². The van der Waals surface area contributed by atoms with Crippen LogP contribution in [0.5, 0.6) is 0 Å². The topological polar surface area (TPSA) is 38.9 Å². The van der Waals surface area contributed by atoms with E-state index in [1.165, 1.54) is 0 Å². The highest BCUT2D eigenvalue weighted by molar-refractivity contribution is 9.10. The zero-order valence-electron chi connectivity index (χ0n) is 8.19. The number of nitrogens with zero attached hydrogens (tertiary/aromatic N) is 1. The minimum Gasteiger partial charge on any atom is -0.396 e. The molecule has 0 aliphatic rings. The Bertz CT molecular complexity index is 374. The van der Waals surface area contributed by atoms with Crippen molar-refractivity contribution in [2.45, 2.75) is 25.9 Å². The van der Waals surface area contributed by atoms with Gasteiger partial charge in [0, 0.05) is 4.47 Å². The van der Waals surface area contributed by atoms with Gasteiger partial charge in [-0.3, -0.25) is 0 Å². The Labute approximate surface area is 93.8 Å². The van der Waals surface area contributed by atoms with Gasteiger partial charge >= 0.3 is 6.18 Å². The molecule has 1 aromatic rings. The molecule has 0 amide bonds. The largest absolute Gasteiger partial charge is 0.433 e. The van der Waals surface area contributed by atoms with E-state index in [2.05, 4.69) is 20.9 Å². The van der Waals surface area contributed by atoms with Crippen molar-refractivity contribution in [2.75, 3.05) is 5.73 Å². The van der Waals surface area contributed by atoms with Crippen molar-refractivity contribution in [3.63, 3.8) is 0 Å². The monoisotopic (exact) mass is 282 g/mol. The Kier molecular flexibility index (Phi) is 3.28. The van der Waals surface area contributed by atoms with Crippen molar-refractivity contribution in [1.29, 1.82) is 0 Å². The fraction of sp³-hybridized carbons (Fsp3) is 0.444. The molecule has 0 aliphatic heterocycles. The molecule has 1 heterocycles. The molecule has 0 radical (unpaired) electrons. The molecule has 0 aliphatic carbocycles. The Morgan fingerprint density at radius 3 is 2.33 bits per heavy atom. The average Bonchev–Trinajstić information content (AvgIpc) is 2.06. The first-order valence-corrected chi connectivity index (χ1v) is 5.06. The standard InChI is InChI=1S/C9H10BrF3N2/c1-4(2)8-7(14)5(10)3-6(15-8)9(11,12)13/h3-4H,14H2,1-2H3. The van der Waals surface area contributed by atoms with Gasteiger partial charge in [0.15, 0.2) is 0 Å². The maximum atomic E-state index is 12.4. The van der Waals surface area contributed by atoms with Gasteiger partial charge in [-0.15, -0.1) is 0 Å². The summed E-state index contributed by atoms with van der Waals surface area (Å²) < 4.78 is 37.5. The Hall–Kier alpha value is -0.780. The molecule has 15 heavy (non-hydrogen) atoms. The minimum absolute atomic E-state index is 0.149. The van der Waals surface area contributed by atoms with Crippen LogP contribution < -0.4 is 5.73 Å². The molecule has 84 valence electrons. The van der Waals surface area contributed by atoms with Crippen molar-refractivity contribution in [3.8, 4) is 0 Å². The Morgan fingerprint density at radius 1 is 1.40 bits per heavy atom. The summed E-state index contributed by atoms with van der Waals surface area (Å²) in [6.07, 6.45) is -4.44. The summed E-state index contributed by atoms with van der Waals surface area (Å²) in [4.78, 5) is 3.52. The molecule has 0 spiro atoms. The molecular formula is C9H10BrF3N2. The Balaban J connectivity index is 3.36. The maximum Gasteiger partial charge on any atom is 0.433 e. The highest BCUT2D eigenvalue weighted by Crippen LogP contribution is 2.34. The highest BCUT2D eigenvalue weighted by Gasteiger charge is 2.34. The van der Waals surface area contributed by atoms with E-state index in [0.29, 0.717) is 0 Å². The van der Waals surface area contributed by atoms with Gasteiger partial charge in [0.25, 0.3) is 0 Å². The van der Waals surface area contributed by atoms with Crippen LogP contribution in [0.4, 0.5) is 18.9 Å². The predicted molar refractivity (Wildman–Crippen MR) is 55.4 cm³/mol. The molecule has 1 rings (SSSR count). The summed E-state index contributed by atoms with van der Waals surface area (Å²) in [7, 11) is 0. The first kappa shape index (κ1) is 12.3. The molecule has 0 fully saturated rings. The lowest BCUT2D eigenvalue weighted by atomic mass is 10.1. The molecule has 0 saturated heterocycles. The number of hydrogen-bond acceptors (Lipinski definition) is 2. The number of pyridine rings is 1. The quantitative estimate of drug-likeness (QED) is 0.855. The van der Waals surface area contributed by atoms with Crippen LogP contribution in [-0.4, -0.2) is 4.98 Å². The van der Waals surface area contributed by atoms with E-state index in [9.17, 15) is 13.2 Å². The van der Waals surface area contributed by atoms with Crippen LogP contribution in [0.2, 0.25) is 0 Å². The van der Waals surface area contributed by atoms with Crippen molar-refractivity contribution in [1.82, 2.24) is 4.98 Å². The van der Waals surface area contributed by atoms with Crippen LogP contribution in [0.15, 0.2) is 10.5 Å². The fourth-order valence-electron chi connectivity index (χ4n) is 1.13. The van der Waals surface area contributed by atoms with E-state index in [0.717, 1.165) is 6.07 Å². The van der Waals surface area contributed by atoms with Gasteiger partial charge in [-0.25, -0.2) is 4.98 Å². The molecule has 2 nitrogen and oxygen atoms in total. The number of nitrogen functional groups attached to an aromatic ring is 1. The number of anilines is 1. The van der Waals surface area contributed by atoms with E-state index in [4.69, 9.17) is 5.73 Å². The molecule has 0 atom stereocenters. The van der Waals surface area contributed by atoms with E-state index < -0.39 is 11.9 Å². The van der Waals surface area contributed by atoms with Gasteiger partial charge < -0.3 is 5.73 Å². The van der Waals surface area contributed by atoms with Gasteiger partial charge in [-0.05, 0) is 27.9 Å². The molecular weight excluding hydrogens is 273 g/mol. The summed E-state index contributed by atoms with van der Waals surface area (Å²) in [5.74, 6) is -0.149. The van der Waals surface area contributed by atoms with E-state index in [1.54, 1.807) is 13.8 Å². The third-order valence-electron chi connectivity index (χ3n) is 1.87. The molecule has 0 aromatic carbocycles. The average molecular weight is 283 g/mol. The second-order valence-corrected chi connectivity index (χ2v) is 4.30. The van der Waals surface area contributed by atoms with Crippen LogP contribution in [0.3, 0.4) is 0 Å². The summed E-state index contributed by atoms with van der Waals surface area (Å²) in [5, 5.41) is 0. The van der Waals surface area contributed by atoms with E-state index in [-0.39, 0.29) is 21.8 Å². The predicted octanol–water partition coefficient (Wildman–Crippen LogP) is 3.57. The first-order valence-electron chi connectivity index (χ1n) is 4.26. The third-order valence-corrected chi connectivity index (χ3v) is 2.53. The van der Waals surface area contributed by atoms with Gasteiger partial charge in [-0.1, -0.05) is 13.8 Å². The van der Waals surface area contributed by atoms with Crippen LogP contribution in [0.25, 0.3) is 0 Å². The van der Waals surface area contributed by atoms with Crippen LogP contribution in [0.1, 0.15) is 31.2 Å². The smallest absolute Gasteiger partial charge is 0.396 e. The van der Waals surface area contributed by atoms with Crippen LogP contribution in [-0.2, 0) is 6.18 Å². The summed E-state index contributed by atoms with van der Waals surface area (Å²) in [6, 6.07) is 0.890. The van der Waals surface area contributed by atoms with Gasteiger partial charge in [0.1, 0.15) is 5.69 Å². The zero-order chi connectivity index (χ0) is 11.8. The van der Waals surface area contributed by atoms with E-state index in [1.807, 2.05) is 0 Å². The SMILES string of the molecule is CC(C)c1nc(C(F)(F)F)cc(Br)c1N. The second kappa shape index (κ2) is 4.00. The van der Waals surface area contributed by atoms with Crippen LogP contribution in [0, 0.1) is 0 Å². The fourth-order valence-corrected chi connectivity index (χ4v) is 1.55. The van der Waals surface area contributed by atoms with Gasteiger partial charge in [0.05, 0.1) is 11.4 Å². The van der Waals surface area contributed by atoms with Crippen molar-refractivity contribution >= 4 is 21.6 Å². The minimum atomic E-state index is -4.44. The number of rotatable bonds is 1. The normalized spacial score (nSPS) is 12.2. The number of nitrogens with two attached hydrogens (primary N) is 1. The molecule has 0 saturated carbocycles.